The van der Waals surface area contributed by atoms with E-state index in [0.29, 0.717) is 17.3 Å². The van der Waals surface area contributed by atoms with Crippen molar-refractivity contribution in [1.29, 1.82) is 0 Å². The van der Waals surface area contributed by atoms with Gasteiger partial charge in [-0.05, 0) is 30.3 Å². The van der Waals surface area contributed by atoms with Crippen LogP contribution in [-0.4, -0.2) is 13.0 Å². The topological polar surface area (TPSA) is 51.5 Å². The second-order valence-corrected chi connectivity index (χ2v) is 4.05. The van der Waals surface area contributed by atoms with Gasteiger partial charge in [0.15, 0.2) is 5.76 Å². The molecule has 0 saturated carbocycles. The van der Waals surface area contributed by atoms with E-state index in [1.54, 1.807) is 37.4 Å². The van der Waals surface area contributed by atoms with Crippen molar-refractivity contribution < 1.29 is 13.9 Å². The van der Waals surface area contributed by atoms with Crippen LogP contribution >= 0.6 is 11.6 Å². The minimum absolute atomic E-state index is 0.274. The van der Waals surface area contributed by atoms with Crippen LogP contribution in [0.4, 0.5) is 0 Å². The second-order valence-electron chi connectivity index (χ2n) is 3.62. The molecule has 1 heterocycles. The van der Waals surface area contributed by atoms with Crippen LogP contribution in [0.2, 0.25) is 5.02 Å². The molecule has 0 unspecified atom stereocenters. The molecule has 0 radical (unpaired) electrons. The molecule has 0 aliphatic carbocycles. The molecule has 94 valence electrons. The Bertz CT molecular complexity index is 537. The van der Waals surface area contributed by atoms with Crippen molar-refractivity contribution in [3.05, 3.63) is 52.9 Å². The maximum absolute atomic E-state index is 11.7. The van der Waals surface area contributed by atoms with Gasteiger partial charge in [-0.2, -0.15) is 0 Å². The lowest BCUT2D eigenvalue weighted by Crippen LogP contribution is -2.22. The average molecular weight is 266 g/mol. The molecule has 0 bridgehead atoms. The highest BCUT2D eigenvalue weighted by molar-refractivity contribution is 6.30. The standard InChI is InChI=1S/C13H12ClNO3/c1-17-11-5-4-10(14)7-9(11)8-15-13(16)12-3-2-6-18-12/h2-7H,8H2,1H3,(H,15,16). The third-order valence-electron chi connectivity index (χ3n) is 2.43. The van der Waals surface area contributed by atoms with Crippen LogP contribution in [-0.2, 0) is 6.54 Å². The number of methoxy groups -OCH3 is 1. The molecule has 0 spiro atoms. The number of amides is 1. The SMILES string of the molecule is COc1ccc(Cl)cc1CNC(=O)c1ccco1. The summed E-state index contributed by atoms with van der Waals surface area (Å²) in [4.78, 5) is 11.7. The third-order valence-corrected chi connectivity index (χ3v) is 2.66. The van der Waals surface area contributed by atoms with Crippen molar-refractivity contribution in [2.75, 3.05) is 7.11 Å². The molecule has 1 amide bonds. The fourth-order valence-electron chi connectivity index (χ4n) is 1.56. The summed E-state index contributed by atoms with van der Waals surface area (Å²) in [7, 11) is 1.57. The molecule has 1 N–H and O–H groups in total. The van der Waals surface area contributed by atoms with Crippen LogP contribution in [0, 0.1) is 0 Å². The van der Waals surface area contributed by atoms with Gasteiger partial charge in [-0.15, -0.1) is 0 Å². The van der Waals surface area contributed by atoms with Gasteiger partial charge >= 0.3 is 0 Å². The Labute approximate surface area is 110 Å². The first-order valence-electron chi connectivity index (χ1n) is 5.35. The minimum Gasteiger partial charge on any atom is -0.496 e. The summed E-state index contributed by atoms with van der Waals surface area (Å²) >= 11 is 5.90. The smallest absolute Gasteiger partial charge is 0.287 e. The Morgan fingerprint density at radius 3 is 2.94 bits per heavy atom. The van der Waals surface area contributed by atoms with Crippen molar-refractivity contribution in [3.63, 3.8) is 0 Å². The number of hydrogen-bond acceptors (Lipinski definition) is 3. The zero-order chi connectivity index (χ0) is 13.0. The summed E-state index contributed by atoms with van der Waals surface area (Å²) in [6.45, 7) is 0.323. The number of hydrogen-bond donors (Lipinski definition) is 1. The zero-order valence-corrected chi connectivity index (χ0v) is 10.5. The molecule has 2 aromatic rings. The molecule has 0 atom stereocenters. The third kappa shape index (κ3) is 2.84. The Kier molecular flexibility index (Phi) is 3.89. The fourth-order valence-corrected chi connectivity index (χ4v) is 1.75. The molecule has 1 aromatic carbocycles. The van der Waals surface area contributed by atoms with E-state index in [4.69, 9.17) is 20.8 Å². The largest absolute Gasteiger partial charge is 0.496 e. The molecule has 2 rings (SSSR count). The van der Waals surface area contributed by atoms with E-state index in [1.807, 2.05) is 0 Å². The molecule has 18 heavy (non-hydrogen) atoms. The summed E-state index contributed by atoms with van der Waals surface area (Å²) in [6.07, 6.45) is 1.45. The Morgan fingerprint density at radius 2 is 2.28 bits per heavy atom. The molecule has 0 saturated heterocycles. The molecular weight excluding hydrogens is 254 g/mol. The van der Waals surface area contributed by atoms with Gasteiger partial charge in [0.25, 0.3) is 5.91 Å². The van der Waals surface area contributed by atoms with Crippen molar-refractivity contribution in [2.24, 2.45) is 0 Å². The van der Waals surface area contributed by atoms with Gasteiger partial charge in [-0.1, -0.05) is 11.6 Å². The molecule has 5 heteroatoms. The van der Waals surface area contributed by atoms with Crippen LogP contribution in [0.15, 0.2) is 41.0 Å². The predicted molar refractivity (Wildman–Crippen MR) is 67.9 cm³/mol. The molecule has 4 nitrogen and oxygen atoms in total. The van der Waals surface area contributed by atoms with Crippen molar-refractivity contribution in [1.82, 2.24) is 5.32 Å². The van der Waals surface area contributed by atoms with Crippen LogP contribution in [0.3, 0.4) is 0 Å². The summed E-state index contributed by atoms with van der Waals surface area (Å²) < 4.78 is 10.2. The van der Waals surface area contributed by atoms with E-state index >= 15 is 0 Å². The number of halogens is 1. The molecule has 1 aromatic heterocycles. The lowest BCUT2D eigenvalue weighted by atomic mass is 10.2. The first-order valence-corrected chi connectivity index (χ1v) is 5.72. The van der Waals surface area contributed by atoms with Gasteiger partial charge in [-0.3, -0.25) is 4.79 Å². The highest BCUT2D eigenvalue weighted by Gasteiger charge is 2.10. The van der Waals surface area contributed by atoms with Gasteiger partial charge in [0.1, 0.15) is 5.75 Å². The van der Waals surface area contributed by atoms with Crippen LogP contribution in [0.5, 0.6) is 5.75 Å². The van der Waals surface area contributed by atoms with Crippen molar-refractivity contribution in [3.8, 4) is 5.75 Å². The number of ether oxygens (including phenoxy) is 1. The predicted octanol–water partition coefficient (Wildman–Crippen LogP) is 2.87. The van der Waals surface area contributed by atoms with E-state index in [-0.39, 0.29) is 11.7 Å². The number of furan rings is 1. The van der Waals surface area contributed by atoms with E-state index in [0.717, 1.165) is 5.56 Å². The summed E-state index contributed by atoms with van der Waals surface area (Å²) in [5.74, 6) is 0.678. The minimum atomic E-state index is -0.276. The summed E-state index contributed by atoms with van der Waals surface area (Å²) in [5.41, 5.74) is 0.810. The lowest BCUT2D eigenvalue weighted by molar-refractivity contribution is 0.0923. The molecule has 0 aliphatic heterocycles. The monoisotopic (exact) mass is 265 g/mol. The highest BCUT2D eigenvalue weighted by Crippen LogP contribution is 2.22. The number of nitrogens with one attached hydrogen (secondary N) is 1. The maximum atomic E-state index is 11.7. The number of carbonyl (C=O) groups excluding carboxylic acids is 1. The van der Waals surface area contributed by atoms with Gasteiger partial charge in [0.2, 0.25) is 0 Å². The first kappa shape index (κ1) is 12.5. The van der Waals surface area contributed by atoms with Crippen molar-refractivity contribution >= 4 is 17.5 Å². The summed E-state index contributed by atoms with van der Waals surface area (Å²) in [5, 5.41) is 3.33. The van der Waals surface area contributed by atoms with E-state index < -0.39 is 0 Å². The lowest BCUT2D eigenvalue weighted by Gasteiger charge is -2.09. The molecule has 0 fully saturated rings. The Hall–Kier alpha value is -1.94. The van der Waals surface area contributed by atoms with Gasteiger partial charge in [0, 0.05) is 17.1 Å². The van der Waals surface area contributed by atoms with E-state index in [2.05, 4.69) is 5.32 Å². The average Bonchev–Trinajstić information content (AvgIpc) is 2.90. The molecule has 0 aliphatic rings. The van der Waals surface area contributed by atoms with Crippen LogP contribution < -0.4 is 10.1 Å². The van der Waals surface area contributed by atoms with Crippen LogP contribution in [0.1, 0.15) is 16.1 Å². The van der Waals surface area contributed by atoms with Gasteiger partial charge in [0.05, 0.1) is 13.4 Å². The van der Waals surface area contributed by atoms with Gasteiger partial charge in [-0.25, -0.2) is 0 Å². The maximum Gasteiger partial charge on any atom is 0.287 e. The zero-order valence-electron chi connectivity index (χ0n) is 9.77. The highest BCUT2D eigenvalue weighted by atomic mass is 35.5. The van der Waals surface area contributed by atoms with E-state index in [1.165, 1.54) is 6.26 Å². The number of rotatable bonds is 4. The van der Waals surface area contributed by atoms with E-state index in [9.17, 15) is 4.79 Å². The summed E-state index contributed by atoms with van der Waals surface area (Å²) in [6, 6.07) is 8.51. The Balaban J connectivity index is 2.06. The second kappa shape index (κ2) is 5.60. The van der Waals surface area contributed by atoms with Gasteiger partial charge < -0.3 is 14.5 Å². The fraction of sp³-hybridized carbons (Fsp3) is 0.154. The Morgan fingerprint density at radius 1 is 1.44 bits per heavy atom. The van der Waals surface area contributed by atoms with Crippen molar-refractivity contribution in [2.45, 2.75) is 6.54 Å². The quantitative estimate of drug-likeness (QED) is 0.925. The number of carbonyl (C=O) groups is 1. The first-order chi connectivity index (χ1) is 8.70. The number of benzene rings is 1. The molecular formula is C13H12ClNO3. The van der Waals surface area contributed by atoms with Crippen LogP contribution in [0.25, 0.3) is 0 Å². The normalized spacial score (nSPS) is 10.1.